The third-order valence-corrected chi connectivity index (χ3v) is 4.46. The van der Waals surface area contributed by atoms with E-state index in [0.717, 1.165) is 46.3 Å². The maximum Gasteiger partial charge on any atom is 0.414 e. The number of nitrogens with zero attached hydrogens (tertiary/aromatic N) is 3. The molecule has 0 unspecified atom stereocenters. The van der Waals surface area contributed by atoms with Gasteiger partial charge in [0.25, 0.3) is 0 Å². The van der Waals surface area contributed by atoms with Crippen molar-refractivity contribution in [3.05, 3.63) is 42.2 Å². The molecule has 134 valence electrons. The smallest absolute Gasteiger partial charge is 0.414 e. The third kappa shape index (κ3) is 3.03. The number of rotatable bonds is 1. The molecule has 26 heavy (non-hydrogen) atoms. The second-order valence-electron chi connectivity index (χ2n) is 7.57. The van der Waals surface area contributed by atoms with Crippen LogP contribution in [0.1, 0.15) is 32.8 Å². The lowest BCUT2D eigenvalue weighted by Crippen LogP contribution is -2.39. The summed E-state index contributed by atoms with van der Waals surface area (Å²) < 4.78 is 5.59. The van der Waals surface area contributed by atoms with Gasteiger partial charge in [-0.2, -0.15) is 5.10 Å². The van der Waals surface area contributed by atoms with Crippen molar-refractivity contribution >= 4 is 22.7 Å². The molecule has 1 N–H and O–H groups in total. The van der Waals surface area contributed by atoms with Crippen molar-refractivity contribution in [3.63, 3.8) is 0 Å². The molecule has 0 bridgehead atoms. The molecule has 0 spiro atoms. The van der Waals surface area contributed by atoms with Gasteiger partial charge in [-0.05, 0) is 51.3 Å². The third-order valence-electron chi connectivity index (χ3n) is 4.46. The van der Waals surface area contributed by atoms with Gasteiger partial charge in [-0.25, -0.2) is 4.79 Å². The Morgan fingerprint density at radius 1 is 1.27 bits per heavy atom. The molecule has 3 heterocycles. The number of aromatic nitrogens is 3. The lowest BCUT2D eigenvalue weighted by molar-refractivity contribution is 0.0578. The van der Waals surface area contributed by atoms with Crippen LogP contribution in [0.3, 0.4) is 0 Å². The average Bonchev–Trinajstić information content (AvgIpc) is 3.03. The molecule has 1 aromatic carbocycles. The van der Waals surface area contributed by atoms with Crippen LogP contribution in [0.5, 0.6) is 0 Å². The fourth-order valence-electron chi connectivity index (χ4n) is 3.31. The monoisotopic (exact) mass is 350 g/mol. The molecule has 0 saturated carbocycles. The Balaban J connectivity index is 1.75. The van der Waals surface area contributed by atoms with Gasteiger partial charge >= 0.3 is 6.09 Å². The van der Waals surface area contributed by atoms with Gasteiger partial charge < -0.3 is 4.74 Å². The number of aryl methyl sites for hydroxylation is 1. The van der Waals surface area contributed by atoms with Gasteiger partial charge in [0.15, 0.2) is 0 Å². The zero-order chi connectivity index (χ0) is 18.3. The first-order valence-corrected chi connectivity index (χ1v) is 8.84. The second kappa shape index (κ2) is 6.12. The van der Waals surface area contributed by atoms with Crippen molar-refractivity contribution in [2.45, 2.75) is 39.2 Å². The maximum atomic E-state index is 12.7. The Bertz CT molecular complexity index is 971. The largest absolute Gasteiger partial charge is 0.443 e. The van der Waals surface area contributed by atoms with E-state index in [1.54, 1.807) is 17.3 Å². The first-order chi connectivity index (χ1) is 12.4. The summed E-state index contributed by atoms with van der Waals surface area (Å²) in [5.41, 5.74) is 4.28. The van der Waals surface area contributed by atoms with Crippen molar-refractivity contribution < 1.29 is 9.53 Å². The summed E-state index contributed by atoms with van der Waals surface area (Å²) in [5.74, 6) is 0. The normalized spacial score (nSPS) is 14.3. The van der Waals surface area contributed by atoms with Crippen LogP contribution in [-0.2, 0) is 11.2 Å². The number of ether oxygens (including phenoxy) is 1. The number of pyridine rings is 1. The number of aromatic amines is 1. The molecular weight excluding hydrogens is 328 g/mol. The van der Waals surface area contributed by atoms with Crippen LogP contribution >= 0.6 is 0 Å². The standard InChI is InChI=1S/C20H22N4O2/c1-20(2,3)26-19(25)24-10-4-5-13-6-7-14(11-17(13)24)18-15-12-21-9-8-16(15)22-23-18/h6-9,11-12H,4-5,10H2,1-3H3,(H,22,23). The van der Waals surface area contributed by atoms with Crippen LogP contribution in [0.2, 0.25) is 0 Å². The first kappa shape index (κ1) is 16.6. The Kier molecular flexibility index (Phi) is 3.90. The van der Waals surface area contributed by atoms with Crippen molar-refractivity contribution in [2.24, 2.45) is 0 Å². The highest BCUT2D eigenvalue weighted by Gasteiger charge is 2.27. The quantitative estimate of drug-likeness (QED) is 0.710. The van der Waals surface area contributed by atoms with Crippen molar-refractivity contribution in [2.75, 3.05) is 11.4 Å². The van der Waals surface area contributed by atoms with Crippen molar-refractivity contribution in [3.8, 4) is 11.3 Å². The maximum absolute atomic E-state index is 12.7. The van der Waals surface area contributed by atoms with Gasteiger partial charge in [0.05, 0.1) is 11.2 Å². The summed E-state index contributed by atoms with van der Waals surface area (Å²) in [7, 11) is 0. The molecular formula is C20H22N4O2. The van der Waals surface area contributed by atoms with E-state index >= 15 is 0 Å². The summed E-state index contributed by atoms with van der Waals surface area (Å²) in [5, 5.41) is 8.45. The molecule has 1 aliphatic rings. The van der Waals surface area contributed by atoms with E-state index in [0.29, 0.717) is 6.54 Å². The Morgan fingerprint density at radius 3 is 2.92 bits per heavy atom. The number of carbonyl (C=O) groups excluding carboxylic acids is 1. The Labute approximate surface area is 152 Å². The fraction of sp³-hybridized carbons (Fsp3) is 0.350. The average molecular weight is 350 g/mol. The van der Waals surface area contributed by atoms with Crippen LogP contribution < -0.4 is 4.90 Å². The lowest BCUT2D eigenvalue weighted by Gasteiger charge is -2.32. The van der Waals surface area contributed by atoms with E-state index in [9.17, 15) is 4.79 Å². The van der Waals surface area contributed by atoms with E-state index in [-0.39, 0.29) is 6.09 Å². The van der Waals surface area contributed by atoms with Crippen LogP contribution in [0, 0.1) is 0 Å². The van der Waals surface area contributed by atoms with Gasteiger partial charge in [0.1, 0.15) is 11.3 Å². The highest BCUT2D eigenvalue weighted by molar-refractivity contribution is 5.95. The number of anilines is 1. The molecule has 0 atom stereocenters. The molecule has 0 aliphatic carbocycles. The Morgan fingerprint density at radius 2 is 2.12 bits per heavy atom. The molecule has 1 aliphatic heterocycles. The lowest BCUT2D eigenvalue weighted by atomic mass is 9.98. The number of H-pyrrole nitrogens is 1. The highest BCUT2D eigenvalue weighted by atomic mass is 16.6. The number of fused-ring (bicyclic) bond motifs is 2. The summed E-state index contributed by atoms with van der Waals surface area (Å²) in [6.07, 6.45) is 5.13. The molecule has 6 heteroatoms. The summed E-state index contributed by atoms with van der Waals surface area (Å²) in [6.45, 7) is 6.31. The molecule has 0 fully saturated rings. The minimum absolute atomic E-state index is 0.302. The molecule has 4 rings (SSSR count). The van der Waals surface area contributed by atoms with E-state index in [1.807, 2.05) is 32.9 Å². The van der Waals surface area contributed by atoms with Crippen molar-refractivity contribution in [1.29, 1.82) is 0 Å². The molecule has 0 radical (unpaired) electrons. The zero-order valence-electron chi connectivity index (χ0n) is 15.2. The first-order valence-electron chi connectivity index (χ1n) is 8.84. The van der Waals surface area contributed by atoms with Gasteiger partial charge in [0.2, 0.25) is 0 Å². The Hall–Kier alpha value is -2.89. The van der Waals surface area contributed by atoms with Gasteiger partial charge in [-0.15, -0.1) is 0 Å². The van der Waals surface area contributed by atoms with E-state index in [4.69, 9.17) is 4.74 Å². The summed E-state index contributed by atoms with van der Waals surface area (Å²) in [6, 6.07) is 8.07. The summed E-state index contributed by atoms with van der Waals surface area (Å²) >= 11 is 0. The zero-order valence-corrected chi connectivity index (χ0v) is 15.2. The number of hydrogen-bond donors (Lipinski definition) is 1. The minimum Gasteiger partial charge on any atom is -0.443 e. The fourth-order valence-corrected chi connectivity index (χ4v) is 3.31. The molecule has 2 aromatic heterocycles. The predicted octanol–water partition coefficient (Wildman–Crippen LogP) is 4.31. The van der Waals surface area contributed by atoms with E-state index in [1.165, 1.54) is 0 Å². The second-order valence-corrected chi connectivity index (χ2v) is 7.57. The van der Waals surface area contributed by atoms with E-state index in [2.05, 4.69) is 27.3 Å². The molecule has 0 saturated heterocycles. The SMILES string of the molecule is CC(C)(C)OC(=O)N1CCCc2ccc(-c3n[nH]c4ccncc34)cc21. The molecule has 6 nitrogen and oxygen atoms in total. The molecule has 1 amide bonds. The van der Waals surface area contributed by atoms with E-state index < -0.39 is 5.60 Å². The predicted molar refractivity (Wildman–Crippen MR) is 101 cm³/mol. The number of amides is 1. The number of benzene rings is 1. The topological polar surface area (TPSA) is 71.1 Å². The van der Waals surface area contributed by atoms with Crippen LogP contribution in [-0.4, -0.2) is 33.4 Å². The van der Waals surface area contributed by atoms with Crippen LogP contribution in [0.4, 0.5) is 10.5 Å². The number of carbonyl (C=O) groups is 1. The minimum atomic E-state index is -0.517. The number of hydrogen-bond acceptors (Lipinski definition) is 4. The van der Waals surface area contributed by atoms with Gasteiger partial charge in [-0.1, -0.05) is 12.1 Å². The van der Waals surface area contributed by atoms with Gasteiger partial charge in [-0.3, -0.25) is 15.0 Å². The van der Waals surface area contributed by atoms with Crippen molar-refractivity contribution in [1.82, 2.24) is 15.2 Å². The molecule has 3 aromatic rings. The van der Waals surface area contributed by atoms with Gasteiger partial charge in [0, 0.05) is 29.9 Å². The van der Waals surface area contributed by atoms with Crippen LogP contribution in [0.15, 0.2) is 36.7 Å². The highest BCUT2D eigenvalue weighted by Crippen LogP contribution is 2.34. The summed E-state index contributed by atoms with van der Waals surface area (Å²) in [4.78, 5) is 18.6. The van der Waals surface area contributed by atoms with Crippen LogP contribution in [0.25, 0.3) is 22.2 Å². The number of nitrogens with one attached hydrogen (secondary N) is 1.